The fraction of sp³-hybridized carbons (Fsp3) is 0.359. The molecule has 11 nitrogen and oxygen atoms in total. The number of likely N-dealkylation sites (N-methyl/N-ethyl adjacent to an activating group) is 1. The van der Waals surface area contributed by atoms with Gasteiger partial charge in [-0.05, 0) is 98.9 Å². The number of fused-ring (bicyclic) bond motifs is 1. The lowest BCUT2D eigenvalue weighted by Crippen LogP contribution is -2.35. The third kappa shape index (κ3) is 8.55. The molecule has 0 radical (unpaired) electrons. The molecule has 51 heavy (non-hydrogen) atoms. The lowest BCUT2D eigenvalue weighted by atomic mass is 9.98. The average Bonchev–Trinajstić information content (AvgIpc) is 3.82. The van der Waals surface area contributed by atoms with Crippen LogP contribution in [0, 0.1) is 18.3 Å². The van der Waals surface area contributed by atoms with Crippen LogP contribution in [-0.2, 0) is 24.5 Å². The number of rotatable bonds is 16. The van der Waals surface area contributed by atoms with Gasteiger partial charge in [-0.25, -0.2) is 9.67 Å². The lowest BCUT2D eigenvalue weighted by molar-refractivity contribution is -0.113. The van der Waals surface area contributed by atoms with Gasteiger partial charge in [0.25, 0.3) is 0 Å². The summed E-state index contributed by atoms with van der Waals surface area (Å²) in [5.74, 6) is 1.43. The number of carbonyl (C=O) groups is 1. The predicted octanol–water partition coefficient (Wildman–Crippen LogP) is 5.81. The van der Waals surface area contributed by atoms with Gasteiger partial charge in [-0.1, -0.05) is 23.7 Å². The van der Waals surface area contributed by atoms with E-state index in [1.54, 1.807) is 30.4 Å². The SMILES string of the molecule is Cc1c(OCCCN2CCCC2)cccc1-c1ccnc2c1cnn2Cc1cc(OCc2cncc(C#N)c2)c(CN(C)C(C=O)CO)cc1Cl. The fourth-order valence-corrected chi connectivity index (χ4v) is 6.75. The monoisotopic (exact) mass is 707 g/mol. The Morgan fingerprint density at radius 2 is 1.92 bits per heavy atom. The second-order valence-electron chi connectivity index (χ2n) is 12.9. The minimum atomic E-state index is -0.681. The van der Waals surface area contributed by atoms with Crippen molar-refractivity contribution in [2.45, 2.75) is 51.9 Å². The summed E-state index contributed by atoms with van der Waals surface area (Å²) in [6, 6.07) is 15.0. The van der Waals surface area contributed by atoms with E-state index in [1.807, 2.05) is 41.2 Å². The van der Waals surface area contributed by atoms with E-state index in [4.69, 9.17) is 31.2 Å². The third-order valence-electron chi connectivity index (χ3n) is 9.39. The highest BCUT2D eigenvalue weighted by molar-refractivity contribution is 6.31. The normalized spacial score (nSPS) is 13.8. The number of aromatic nitrogens is 4. The van der Waals surface area contributed by atoms with E-state index in [2.05, 4.69) is 28.9 Å². The summed E-state index contributed by atoms with van der Waals surface area (Å²) in [7, 11) is 1.75. The average molecular weight is 708 g/mol. The second kappa shape index (κ2) is 16.9. The first-order valence-corrected chi connectivity index (χ1v) is 17.6. The van der Waals surface area contributed by atoms with Crippen molar-refractivity contribution in [1.29, 1.82) is 5.26 Å². The van der Waals surface area contributed by atoms with E-state index in [-0.39, 0.29) is 13.2 Å². The number of carbonyl (C=O) groups excluding carboxylic acids is 1. The number of nitriles is 1. The van der Waals surface area contributed by atoms with Crippen molar-refractivity contribution in [2.75, 3.05) is 39.9 Å². The zero-order valence-electron chi connectivity index (χ0n) is 29.0. The summed E-state index contributed by atoms with van der Waals surface area (Å²) in [5, 5.41) is 25.1. The van der Waals surface area contributed by atoms with Crippen LogP contribution in [0.4, 0.5) is 0 Å². The van der Waals surface area contributed by atoms with Crippen LogP contribution in [0.1, 0.15) is 47.1 Å². The molecule has 1 N–H and O–H groups in total. The zero-order valence-corrected chi connectivity index (χ0v) is 29.7. The van der Waals surface area contributed by atoms with Crippen molar-refractivity contribution in [2.24, 2.45) is 0 Å². The molecule has 6 rings (SSSR count). The van der Waals surface area contributed by atoms with E-state index in [0.717, 1.165) is 57.5 Å². The topological polar surface area (TPSA) is 130 Å². The number of benzene rings is 2. The molecule has 1 saturated heterocycles. The molecule has 1 atom stereocenters. The molecule has 1 fully saturated rings. The molecule has 0 amide bonds. The van der Waals surface area contributed by atoms with Crippen LogP contribution < -0.4 is 9.47 Å². The van der Waals surface area contributed by atoms with Crippen LogP contribution in [0.2, 0.25) is 5.02 Å². The number of aliphatic hydroxyl groups is 1. The Morgan fingerprint density at radius 1 is 1.08 bits per heavy atom. The molecule has 1 aliphatic heterocycles. The molecule has 264 valence electrons. The molecule has 12 heteroatoms. The number of aldehydes is 1. The summed E-state index contributed by atoms with van der Waals surface area (Å²) >= 11 is 6.89. The Balaban J connectivity index is 1.25. The summed E-state index contributed by atoms with van der Waals surface area (Å²) < 4.78 is 14.4. The van der Waals surface area contributed by atoms with Crippen LogP contribution in [-0.4, -0.2) is 86.9 Å². The minimum absolute atomic E-state index is 0.160. The molecule has 2 aromatic carbocycles. The van der Waals surface area contributed by atoms with Gasteiger partial charge >= 0.3 is 0 Å². The van der Waals surface area contributed by atoms with Gasteiger partial charge in [-0.3, -0.25) is 9.88 Å². The van der Waals surface area contributed by atoms with E-state index in [9.17, 15) is 15.2 Å². The van der Waals surface area contributed by atoms with E-state index in [1.165, 1.54) is 32.1 Å². The van der Waals surface area contributed by atoms with Crippen LogP contribution in [0.5, 0.6) is 11.5 Å². The molecule has 5 aromatic rings. The largest absolute Gasteiger partial charge is 0.493 e. The maximum absolute atomic E-state index is 11.6. The highest BCUT2D eigenvalue weighted by Crippen LogP contribution is 2.35. The summed E-state index contributed by atoms with van der Waals surface area (Å²) in [6.45, 7) is 6.68. The molecule has 1 unspecified atom stereocenters. The van der Waals surface area contributed by atoms with Gasteiger partial charge in [-0.15, -0.1) is 0 Å². The summed E-state index contributed by atoms with van der Waals surface area (Å²) in [5.41, 5.74) is 6.51. The molecule has 0 aliphatic carbocycles. The third-order valence-corrected chi connectivity index (χ3v) is 9.74. The standard InChI is InChI=1S/C39H42ClN7O4/c1-27-33(7-5-8-37(27)50-14-6-13-46-11-3-4-12-46)34-9-10-43-39-35(34)21-44-47(39)23-30-17-38(51-26-29-15-28(18-41)19-42-20-29)31(16-36(30)40)22-45(2)32(24-48)25-49/h5,7-10,15-17,19-21,24,32,49H,3-4,6,11-14,22-23,25-26H2,1-2H3. The Hall–Kier alpha value is -4.86. The molecule has 3 aromatic heterocycles. The zero-order chi connectivity index (χ0) is 35.7. The van der Waals surface area contributed by atoms with Gasteiger partial charge in [0, 0.05) is 53.2 Å². The molecule has 0 bridgehead atoms. The van der Waals surface area contributed by atoms with Crippen LogP contribution in [0.3, 0.4) is 0 Å². The first-order chi connectivity index (χ1) is 24.9. The van der Waals surface area contributed by atoms with E-state index >= 15 is 0 Å². The first kappa shape index (κ1) is 35.9. The number of aliphatic hydroxyl groups excluding tert-OH is 1. The van der Waals surface area contributed by atoms with Gasteiger partial charge in [-0.2, -0.15) is 10.4 Å². The molecule has 0 saturated carbocycles. The number of halogens is 1. The highest BCUT2D eigenvalue weighted by Gasteiger charge is 2.20. The van der Waals surface area contributed by atoms with Crippen molar-refractivity contribution >= 4 is 28.9 Å². The number of nitrogens with zero attached hydrogens (tertiary/aromatic N) is 7. The number of pyridine rings is 2. The Kier molecular flexibility index (Phi) is 11.9. The molecule has 1 aliphatic rings. The molecule has 4 heterocycles. The molecular formula is C39H42ClN7O4. The smallest absolute Gasteiger partial charge is 0.158 e. The second-order valence-corrected chi connectivity index (χ2v) is 13.3. The number of ether oxygens (including phenoxy) is 2. The number of likely N-dealkylation sites (tertiary alicyclic amines) is 1. The van der Waals surface area contributed by atoms with Crippen molar-refractivity contribution in [1.82, 2.24) is 29.5 Å². The maximum Gasteiger partial charge on any atom is 0.158 e. The lowest BCUT2D eigenvalue weighted by Gasteiger charge is -2.24. The van der Waals surface area contributed by atoms with Crippen molar-refractivity contribution in [3.05, 3.63) is 100 Å². The van der Waals surface area contributed by atoms with Gasteiger partial charge < -0.3 is 24.3 Å². The van der Waals surface area contributed by atoms with Crippen molar-refractivity contribution in [3.8, 4) is 28.7 Å². The predicted molar refractivity (Wildman–Crippen MR) is 196 cm³/mol. The van der Waals surface area contributed by atoms with Gasteiger partial charge in [0.15, 0.2) is 5.65 Å². The van der Waals surface area contributed by atoms with Gasteiger partial charge in [0.2, 0.25) is 0 Å². The highest BCUT2D eigenvalue weighted by atomic mass is 35.5. The van der Waals surface area contributed by atoms with Gasteiger partial charge in [0.05, 0.1) is 37.6 Å². The first-order valence-electron chi connectivity index (χ1n) is 17.2. The number of hydrogen-bond donors (Lipinski definition) is 1. The quantitative estimate of drug-likeness (QED) is 0.0991. The molecular weight excluding hydrogens is 666 g/mol. The fourth-order valence-electron chi connectivity index (χ4n) is 6.51. The van der Waals surface area contributed by atoms with E-state index in [0.29, 0.717) is 48.0 Å². The number of hydrogen-bond acceptors (Lipinski definition) is 10. The van der Waals surface area contributed by atoms with Crippen LogP contribution in [0.25, 0.3) is 22.2 Å². The summed E-state index contributed by atoms with van der Waals surface area (Å²) in [6.07, 6.45) is 11.1. The minimum Gasteiger partial charge on any atom is -0.493 e. The van der Waals surface area contributed by atoms with Crippen molar-refractivity contribution < 1.29 is 19.4 Å². The Morgan fingerprint density at radius 3 is 2.71 bits per heavy atom. The van der Waals surface area contributed by atoms with E-state index < -0.39 is 6.04 Å². The summed E-state index contributed by atoms with van der Waals surface area (Å²) in [4.78, 5) is 24.6. The Bertz CT molecular complexity index is 2020. The van der Waals surface area contributed by atoms with Crippen LogP contribution >= 0.6 is 11.6 Å². The van der Waals surface area contributed by atoms with Gasteiger partial charge in [0.1, 0.15) is 30.5 Å². The Labute approximate surface area is 303 Å². The van der Waals surface area contributed by atoms with Crippen molar-refractivity contribution in [3.63, 3.8) is 0 Å². The molecule has 0 spiro atoms. The van der Waals surface area contributed by atoms with Crippen LogP contribution in [0.15, 0.2) is 67.3 Å². The maximum atomic E-state index is 11.6.